The number of hydrogen-bond donors (Lipinski definition) is 3. The summed E-state index contributed by atoms with van der Waals surface area (Å²) in [4.78, 5) is 31.7. The van der Waals surface area contributed by atoms with Gasteiger partial charge in [-0.15, -0.1) is 0 Å². The molecule has 216 valence electrons. The van der Waals surface area contributed by atoms with Crippen molar-refractivity contribution in [1.82, 2.24) is 0 Å². The summed E-state index contributed by atoms with van der Waals surface area (Å²) in [5.41, 5.74) is 7.70. The molecule has 6 rings (SSSR count). The largest absolute Gasteiger partial charge is 0.481 e. The van der Waals surface area contributed by atoms with Crippen molar-refractivity contribution >= 4 is 50.8 Å². The van der Waals surface area contributed by atoms with Gasteiger partial charge in [-0.3, -0.25) is 14.4 Å². The molecule has 6 aromatic rings. The number of benzene rings is 3. The molecule has 0 unspecified atom stereocenters. The van der Waals surface area contributed by atoms with Crippen molar-refractivity contribution in [3.63, 3.8) is 0 Å². The molecule has 3 aromatic carbocycles. The minimum atomic E-state index is -0.840. The summed E-state index contributed by atoms with van der Waals surface area (Å²) in [5, 5.41) is 28.7. The molecule has 42 heavy (non-hydrogen) atoms. The molecule has 3 N–H and O–H groups in total. The number of carboxylic acids is 3. The van der Waals surface area contributed by atoms with Crippen molar-refractivity contribution in [2.75, 3.05) is 0 Å². The number of fused-ring (bicyclic) bond motifs is 3. The Morgan fingerprint density at radius 3 is 1.76 bits per heavy atom. The van der Waals surface area contributed by atoms with Gasteiger partial charge in [0.1, 0.15) is 16.7 Å². The van der Waals surface area contributed by atoms with Crippen molar-refractivity contribution < 1.29 is 43.0 Å². The predicted octanol–water partition coefficient (Wildman–Crippen LogP) is 7.10. The normalized spacial score (nSPS) is 10.6. The van der Waals surface area contributed by atoms with Crippen molar-refractivity contribution in [2.24, 2.45) is 0 Å². The zero-order valence-electron chi connectivity index (χ0n) is 23.3. The zero-order chi connectivity index (χ0) is 30.4. The fourth-order valence-corrected chi connectivity index (χ4v) is 4.62. The summed E-state index contributed by atoms with van der Waals surface area (Å²) < 4.78 is 15.8. The molecule has 0 amide bonds. The van der Waals surface area contributed by atoms with Gasteiger partial charge < -0.3 is 28.6 Å². The summed E-state index contributed by atoms with van der Waals surface area (Å²) >= 11 is 0. The first kappa shape index (κ1) is 29.7. The molecule has 0 spiro atoms. The first-order chi connectivity index (χ1) is 20.0. The average molecular weight is 571 g/mol. The lowest BCUT2D eigenvalue weighted by Gasteiger charge is -1.96. The van der Waals surface area contributed by atoms with E-state index in [1.165, 1.54) is 18.8 Å². The molecular weight excluding hydrogens is 540 g/mol. The Hall–Kier alpha value is -5.31. The van der Waals surface area contributed by atoms with Gasteiger partial charge in [-0.05, 0) is 56.2 Å². The SMILES string of the molecule is Cc1ccc2c(CC(=O)O)coc2c1.Cc1ccc2occ(CC(=O)O)c2c1.Cc1cccc2occ(CC(=O)O)c12. The number of hydrogen-bond acceptors (Lipinski definition) is 6. The van der Waals surface area contributed by atoms with Gasteiger partial charge in [0.25, 0.3) is 0 Å². The Bertz CT molecular complexity index is 1880. The highest BCUT2D eigenvalue weighted by molar-refractivity contribution is 5.88. The molecule has 9 nitrogen and oxygen atoms in total. The molecule has 0 atom stereocenters. The van der Waals surface area contributed by atoms with Crippen LogP contribution in [0, 0.1) is 20.8 Å². The lowest BCUT2D eigenvalue weighted by atomic mass is 10.1. The Morgan fingerprint density at radius 2 is 1.10 bits per heavy atom. The molecule has 3 heterocycles. The molecule has 0 aliphatic heterocycles. The molecular formula is C33H30O9. The second-order valence-electron chi connectivity index (χ2n) is 9.94. The molecule has 0 fully saturated rings. The van der Waals surface area contributed by atoms with Gasteiger partial charge in [-0.2, -0.15) is 0 Å². The molecule has 0 aliphatic rings. The van der Waals surface area contributed by atoms with Crippen LogP contribution >= 0.6 is 0 Å². The maximum absolute atomic E-state index is 10.6. The van der Waals surface area contributed by atoms with Crippen molar-refractivity contribution in [3.05, 3.63) is 107 Å². The number of aliphatic carboxylic acids is 3. The Kier molecular flexibility index (Phi) is 9.12. The van der Waals surface area contributed by atoms with Crippen LogP contribution < -0.4 is 0 Å². The predicted molar refractivity (Wildman–Crippen MR) is 157 cm³/mol. The monoisotopic (exact) mass is 570 g/mol. The van der Waals surface area contributed by atoms with E-state index in [1.807, 2.05) is 75.4 Å². The van der Waals surface area contributed by atoms with Crippen LogP contribution in [0.15, 0.2) is 86.6 Å². The van der Waals surface area contributed by atoms with E-state index < -0.39 is 17.9 Å². The van der Waals surface area contributed by atoms with Crippen LogP contribution in [-0.4, -0.2) is 33.2 Å². The number of carboxylic acid groups (broad SMARTS) is 3. The summed E-state index contributed by atoms with van der Waals surface area (Å²) in [6.45, 7) is 5.89. The smallest absolute Gasteiger partial charge is 0.307 e. The second kappa shape index (κ2) is 12.9. The summed E-state index contributed by atoms with van der Waals surface area (Å²) in [6, 6.07) is 17.2. The first-order valence-electron chi connectivity index (χ1n) is 13.1. The quantitative estimate of drug-likeness (QED) is 0.190. The van der Waals surface area contributed by atoms with Crippen LogP contribution in [0.25, 0.3) is 32.9 Å². The van der Waals surface area contributed by atoms with E-state index in [1.54, 1.807) is 0 Å². The highest BCUT2D eigenvalue weighted by atomic mass is 16.4. The molecule has 0 saturated heterocycles. The van der Waals surface area contributed by atoms with Gasteiger partial charge >= 0.3 is 17.9 Å². The lowest BCUT2D eigenvalue weighted by molar-refractivity contribution is -0.137. The standard InChI is InChI=1S/3C11H10O3/c1-7-2-3-10-9(4-7)8(6-14-10)5-11(12)13;1-7-2-3-9-8(5-11(12)13)6-14-10(9)4-7;1-7-3-2-4-9-11(7)8(6-14-9)5-10(12)13/h3*2-4,6H,5H2,1H3,(H,12,13). The Labute approximate surface area is 240 Å². The molecule has 9 heteroatoms. The van der Waals surface area contributed by atoms with E-state index in [9.17, 15) is 14.4 Å². The third-order valence-corrected chi connectivity index (χ3v) is 6.53. The molecule has 0 saturated carbocycles. The van der Waals surface area contributed by atoms with Gasteiger partial charge in [-0.1, -0.05) is 35.9 Å². The number of aryl methyl sites for hydroxylation is 3. The van der Waals surface area contributed by atoms with Crippen LogP contribution in [-0.2, 0) is 33.6 Å². The average Bonchev–Trinajstić information content (AvgIpc) is 3.62. The molecule has 0 radical (unpaired) electrons. The molecule has 0 bridgehead atoms. The van der Waals surface area contributed by atoms with E-state index in [4.69, 9.17) is 28.6 Å². The highest BCUT2D eigenvalue weighted by Crippen LogP contribution is 2.25. The Morgan fingerprint density at radius 1 is 0.571 bits per heavy atom. The molecule has 0 aliphatic carbocycles. The summed E-state index contributed by atoms with van der Waals surface area (Å²) in [5.74, 6) is -2.52. The van der Waals surface area contributed by atoms with E-state index in [0.717, 1.165) is 66.3 Å². The maximum atomic E-state index is 10.6. The second-order valence-corrected chi connectivity index (χ2v) is 9.94. The number of furan rings is 3. The third-order valence-electron chi connectivity index (χ3n) is 6.53. The first-order valence-corrected chi connectivity index (χ1v) is 13.1. The van der Waals surface area contributed by atoms with Crippen LogP contribution in [0.5, 0.6) is 0 Å². The van der Waals surface area contributed by atoms with E-state index in [2.05, 4.69) is 0 Å². The molecule has 3 aromatic heterocycles. The van der Waals surface area contributed by atoms with Crippen LogP contribution in [0.4, 0.5) is 0 Å². The van der Waals surface area contributed by atoms with E-state index in [0.29, 0.717) is 0 Å². The minimum Gasteiger partial charge on any atom is -0.481 e. The fourth-order valence-electron chi connectivity index (χ4n) is 4.62. The van der Waals surface area contributed by atoms with Gasteiger partial charge in [0.15, 0.2) is 0 Å². The topological polar surface area (TPSA) is 151 Å². The lowest BCUT2D eigenvalue weighted by Crippen LogP contribution is -1.99. The van der Waals surface area contributed by atoms with E-state index in [-0.39, 0.29) is 19.3 Å². The van der Waals surface area contributed by atoms with Crippen molar-refractivity contribution in [1.29, 1.82) is 0 Å². The fraction of sp³-hybridized carbons (Fsp3) is 0.182. The van der Waals surface area contributed by atoms with Gasteiger partial charge in [0.2, 0.25) is 0 Å². The van der Waals surface area contributed by atoms with Crippen LogP contribution in [0.3, 0.4) is 0 Å². The number of rotatable bonds is 6. The summed E-state index contributed by atoms with van der Waals surface area (Å²) in [7, 11) is 0. The van der Waals surface area contributed by atoms with Gasteiger partial charge in [-0.25, -0.2) is 0 Å². The van der Waals surface area contributed by atoms with E-state index >= 15 is 0 Å². The summed E-state index contributed by atoms with van der Waals surface area (Å²) in [6.07, 6.45) is 4.58. The zero-order valence-corrected chi connectivity index (χ0v) is 23.3. The van der Waals surface area contributed by atoms with Gasteiger partial charge in [0.05, 0.1) is 38.1 Å². The Balaban J connectivity index is 0.000000145. The van der Waals surface area contributed by atoms with Crippen molar-refractivity contribution in [3.8, 4) is 0 Å². The maximum Gasteiger partial charge on any atom is 0.307 e. The van der Waals surface area contributed by atoms with Crippen LogP contribution in [0.2, 0.25) is 0 Å². The third kappa shape index (κ3) is 7.25. The van der Waals surface area contributed by atoms with Gasteiger partial charge in [0, 0.05) is 32.8 Å². The van der Waals surface area contributed by atoms with Crippen molar-refractivity contribution in [2.45, 2.75) is 40.0 Å². The minimum absolute atomic E-state index is 0.00998. The number of carbonyl (C=O) groups is 3. The van der Waals surface area contributed by atoms with Crippen LogP contribution in [0.1, 0.15) is 33.4 Å². The highest BCUT2D eigenvalue weighted by Gasteiger charge is 2.11.